The molecule has 0 spiro atoms. The number of rotatable bonds is 5. The molecular formula is C26H14Br2Cl2F6N2O7S2. The van der Waals surface area contributed by atoms with Gasteiger partial charge in [0.05, 0.1) is 15.4 Å². The first-order chi connectivity index (χ1) is 21.5. The topological polar surface area (TPSA) is 161 Å². The molecule has 4 aromatic carbocycles. The fraction of sp³-hybridized carbons (Fsp3) is 0. The summed E-state index contributed by atoms with van der Waals surface area (Å²) in [4.78, 5) is 22.0. The van der Waals surface area contributed by atoms with E-state index in [0.29, 0.717) is 12.1 Å². The maximum absolute atomic E-state index is 13.1. The third-order valence-corrected chi connectivity index (χ3v) is 9.78. The van der Waals surface area contributed by atoms with Crippen molar-refractivity contribution in [2.24, 2.45) is 0 Å². The van der Waals surface area contributed by atoms with E-state index in [9.17, 15) is 52.8 Å². The number of anilines is 2. The molecule has 4 rings (SSSR count). The van der Waals surface area contributed by atoms with Crippen LogP contribution in [0, 0.1) is 34.9 Å². The molecule has 252 valence electrons. The lowest BCUT2D eigenvalue weighted by Gasteiger charge is -2.08. The van der Waals surface area contributed by atoms with E-state index in [4.69, 9.17) is 32.2 Å². The van der Waals surface area contributed by atoms with Gasteiger partial charge in [-0.1, -0.05) is 0 Å². The molecule has 47 heavy (non-hydrogen) atoms. The number of carbonyl (C=O) groups excluding carboxylic acids is 1. The molecule has 4 aromatic rings. The van der Waals surface area contributed by atoms with Crippen molar-refractivity contribution in [1.82, 2.24) is 0 Å². The van der Waals surface area contributed by atoms with E-state index < -0.39 is 64.9 Å². The van der Waals surface area contributed by atoms with Crippen molar-refractivity contribution in [3.05, 3.63) is 116 Å². The molecule has 0 aliphatic heterocycles. The van der Waals surface area contributed by atoms with E-state index in [-0.39, 0.29) is 41.2 Å². The molecule has 0 fully saturated rings. The molecular weight excluding hydrogens is 861 g/mol. The second-order valence-electron chi connectivity index (χ2n) is 8.48. The van der Waals surface area contributed by atoms with Gasteiger partial charge in [-0.25, -0.2) is 48.0 Å². The molecule has 1 amide bonds. The highest BCUT2D eigenvalue weighted by Crippen LogP contribution is 2.28. The highest BCUT2D eigenvalue weighted by atomic mass is 79.9. The molecule has 9 nitrogen and oxygen atoms in total. The van der Waals surface area contributed by atoms with E-state index >= 15 is 0 Å². The van der Waals surface area contributed by atoms with Gasteiger partial charge in [0.15, 0.2) is 34.9 Å². The van der Waals surface area contributed by atoms with E-state index in [1.807, 2.05) is 0 Å². The second-order valence-corrected chi connectivity index (χ2v) is 15.3. The van der Waals surface area contributed by atoms with Gasteiger partial charge in [-0.3, -0.25) is 4.79 Å². The van der Waals surface area contributed by atoms with Crippen LogP contribution in [0.4, 0.5) is 37.7 Å². The van der Waals surface area contributed by atoms with E-state index in [1.165, 1.54) is 24.3 Å². The Labute approximate surface area is 287 Å². The fourth-order valence-corrected chi connectivity index (χ4v) is 7.30. The number of amides is 1. The van der Waals surface area contributed by atoms with Crippen LogP contribution in [0.15, 0.2) is 79.4 Å². The Morgan fingerprint density at radius 2 is 1.02 bits per heavy atom. The number of carboxylic acids is 1. The van der Waals surface area contributed by atoms with Crippen molar-refractivity contribution >= 4 is 94.6 Å². The van der Waals surface area contributed by atoms with Crippen LogP contribution >= 0.6 is 53.2 Å². The predicted octanol–water partition coefficient (Wildman–Crippen LogP) is 7.81. The quantitative estimate of drug-likeness (QED) is 0.0793. The Morgan fingerprint density at radius 3 is 1.40 bits per heavy atom. The molecule has 4 N–H and O–H groups in total. The van der Waals surface area contributed by atoms with Crippen molar-refractivity contribution < 1.29 is 57.9 Å². The van der Waals surface area contributed by atoms with Crippen molar-refractivity contribution in [3.8, 4) is 0 Å². The van der Waals surface area contributed by atoms with Crippen LogP contribution in [0.5, 0.6) is 0 Å². The van der Waals surface area contributed by atoms with Crippen LogP contribution in [-0.4, -0.2) is 33.8 Å². The molecule has 0 saturated carbocycles. The smallest absolute Gasteiger partial charge is 0.335 e. The van der Waals surface area contributed by atoms with Crippen LogP contribution < -0.4 is 11.1 Å². The number of carboxylic acid groups (broad SMARTS) is 1. The highest BCUT2D eigenvalue weighted by molar-refractivity contribution is 9.10. The van der Waals surface area contributed by atoms with Crippen LogP contribution in [0.25, 0.3) is 0 Å². The third kappa shape index (κ3) is 11.4. The number of carbonyl (C=O) groups is 2. The first-order valence-electron chi connectivity index (χ1n) is 11.6. The normalized spacial score (nSPS) is 11.0. The maximum atomic E-state index is 13.1. The van der Waals surface area contributed by atoms with Crippen molar-refractivity contribution in [3.63, 3.8) is 0 Å². The van der Waals surface area contributed by atoms with Gasteiger partial charge in [0.25, 0.3) is 24.0 Å². The average molecular weight is 875 g/mol. The Morgan fingerprint density at radius 1 is 0.660 bits per heavy atom. The molecule has 0 aromatic heterocycles. The summed E-state index contributed by atoms with van der Waals surface area (Å²) in [5.41, 5.74) is 4.26. The summed E-state index contributed by atoms with van der Waals surface area (Å²) in [6.07, 6.45) is 0. The Bertz CT molecular complexity index is 2050. The predicted molar refractivity (Wildman–Crippen MR) is 166 cm³/mol. The SMILES string of the molecule is Nc1cc(F)c(F)c(F)c1.O=C(Nc1cc(F)c(F)c(F)c1)c1ccc(Br)c(S(=O)(=O)Cl)c1.O=C(O)c1ccc(Br)c(S(=O)(=O)Cl)c1. The van der Waals surface area contributed by atoms with Crippen molar-refractivity contribution in [2.75, 3.05) is 11.1 Å². The Balaban J connectivity index is 0.000000271. The molecule has 0 heterocycles. The molecule has 0 radical (unpaired) electrons. The number of nitrogens with two attached hydrogens (primary N) is 1. The molecule has 0 atom stereocenters. The lowest BCUT2D eigenvalue weighted by Crippen LogP contribution is -2.13. The standard InChI is InChI=1S/C13H6BrClF3NO3S.C7H4BrClO4S.C6H4F3N/c14-8-2-1-6(3-11(8)23(15,21)22)13(20)19-7-4-9(16)12(18)10(17)5-7;8-5-2-1-4(7(10)11)3-6(5)14(9,12)13;7-4-1-3(10)2-5(8)6(4)9/h1-5H,(H,19,20);1-3H,(H,10,11);1-2H,10H2. The summed E-state index contributed by atoms with van der Waals surface area (Å²) in [7, 11) is 2.29. The van der Waals surface area contributed by atoms with E-state index in [2.05, 4.69) is 37.2 Å². The summed E-state index contributed by atoms with van der Waals surface area (Å²) in [6.45, 7) is 0. The molecule has 0 saturated heterocycles. The van der Waals surface area contributed by atoms with E-state index in [0.717, 1.165) is 24.3 Å². The first-order valence-corrected chi connectivity index (χ1v) is 17.8. The summed E-state index contributed by atoms with van der Waals surface area (Å²) >= 11 is 5.93. The summed E-state index contributed by atoms with van der Waals surface area (Å²) in [5.74, 6) is -10.7. The van der Waals surface area contributed by atoms with Crippen LogP contribution in [0.1, 0.15) is 20.7 Å². The minimum Gasteiger partial charge on any atom is -0.478 e. The number of hydrogen-bond donors (Lipinski definition) is 3. The number of nitrogen functional groups attached to an aromatic ring is 1. The summed E-state index contributed by atoms with van der Waals surface area (Å²) < 4.78 is 121. The van der Waals surface area contributed by atoms with Gasteiger partial charge in [0.2, 0.25) is 0 Å². The summed E-state index contributed by atoms with van der Waals surface area (Å²) in [6, 6.07) is 9.74. The Kier molecular flexibility index (Phi) is 13.7. The molecule has 0 bridgehead atoms. The minimum absolute atomic E-state index is 0.127. The lowest BCUT2D eigenvalue weighted by molar-refractivity contribution is 0.0696. The summed E-state index contributed by atoms with van der Waals surface area (Å²) in [5, 5.41) is 10.7. The van der Waals surface area contributed by atoms with Crippen molar-refractivity contribution in [2.45, 2.75) is 9.79 Å². The third-order valence-electron chi connectivity index (χ3n) is 5.14. The number of aromatic carboxylic acids is 1. The fourth-order valence-electron chi connectivity index (χ4n) is 3.06. The largest absolute Gasteiger partial charge is 0.478 e. The minimum atomic E-state index is -4.11. The average Bonchev–Trinajstić information content (AvgIpc) is 2.94. The van der Waals surface area contributed by atoms with Gasteiger partial charge >= 0.3 is 5.97 Å². The van der Waals surface area contributed by atoms with Gasteiger partial charge in [-0.05, 0) is 68.3 Å². The second kappa shape index (κ2) is 16.2. The lowest BCUT2D eigenvalue weighted by atomic mass is 10.2. The van der Waals surface area contributed by atoms with Crippen LogP contribution in [-0.2, 0) is 18.1 Å². The van der Waals surface area contributed by atoms with Crippen molar-refractivity contribution in [1.29, 1.82) is 0 Å². The van der Waals surface area contributed by atoms with E-state index in [1.54, 1.807) is 0 Å². The van der Waals surface area contributed by atoms with Gasteiger partial charge in [0.1, 0.15) is 0 Å². The Hall–Kier alpha value is -3.36. The number of benzene rings is 4. The molecule has 0 unspecified atom stereocenters. The zero-order valence-corrected chi connectivity index (χ0v) is 28.7. The maximum Gasteiger partial charge on any atom is 0.335 e. The highest BCUT2D eigenvalue weighted by Gasteiger charge is 2.19. The van der Waals surface area contributed by atoms with Gasteiger partial charge in [-0.2, -0.15) is 0 Å². The first kappa shape index (κ1) is 39.8. The molecule has 0 aliphatic carbocycles. The van der Waals surface area contributed by atoms with Gasteiger partial charge in [-0.15, -0.1) is 0 Å². The van der Waals surface area contributed by atoms with Crippen LogP contribution in [0.2, 0.25) is 0 Å². The molecule has 0 aliphatic rings. The zero-order chi connectivity index (χ0) is 36.0. The number of halogens is 10. The number of nitrogens with one attached hydrogen (secondary N) is 1. The van der Waals surface area contributed by atoms with Gasteiger partial charge < -0.3 is 16.2 Å². The van der Waals surface area contributed by atoms with Crippen LogP contribution in [0.3, 0.4) is 0 Å². The number of hydrogen-bond acceptors (Lipinski definition) is 7. The monoisotopic (exact) mass is 872 g/mol. The zero-order valence-electron chi connectivity index (χ0n) is 22.3. The van der Waals surface area contributed by atoms with Gasteiger partial charge in [0, 0.05) is 71.5 Å². The molecule has 21 heteroatoms.